The summed E-state index contributed by atoms with van der Waals surface area (Å²) >= 11 is 3.54. The third-order valence-corrected chi connectivity index (χ3v) is 12.8. The Kier molecular flexibility index (Phi) is 8.57. The summed E-state index contributed by atoms with van der Waals surface area (Å²) < 4.78 is 5.99. The summed E-state index contributed by atoms with van der Waals surface area (Å²) in [5, 5.41) is 0. The average Bonchev–Trinajstić information content (AvgIpc) is 3.15. The summed E-state index contributed by atoms with van der Waals surface area (Å²) in [5.41, 5.74) is 2.48. The maximum atomic E-state index is 12.6. The molecule has 0 saturated heterocycles. The van der Waals surface area contributed by atoms with Crippen molar-refractivity contribution >= 4 is 21.9 Å². The van der Waals surface area contributed by atoms with Gasteiger partial charge in [0, 0.05) is 6.42 Å². The van der Waals surface area contributed by atoms with Crippen LogP contribution in [0.25, 0.3) is 0 Å². The van der Waals surface area contributed by atoms with Crippen molar-refractivity contribution in [1.29, 1.82) is 0 Å². The summed E-state index contributed by atoms with van der Waals surface area (Å²) in [7, 11) is 0. The molecule has 0 heterocycles. The minimum absolute atomic E-state index is 0.0635. The second-order valence-electron chi connectivity index (χ2n) is 14.2. The van der Waals surface area contributed by atoms with E-state index >= 15 is 0 Å². The number of carbonyl (C=O) groups excluding carboxylic acids is 1. The Morgan fingerprint density at radius 1 is 1.03 bits per heavy atom. The number of halogens is 1. The number of allylic oxidation sites excluding steroid dienone is 1. The van der Waals surface area contributed by atoms with Gasteiger partial charge in [0.1, 0.15) is 10.9 Å². The molecule has 0 radical (unpaired) electrons. The lowest BCUT2D eigenvalue weighted by Gasteiger charge is -2.58. The topological polar surface area (TPSA) is 26.3 Å². The Bertz CT molecular complexity index is 786. The van der Waals surface area contributed by atoms with Crippen LogP contribution in [0.1, 0.15) is 119 Å². The first-order valence-corrected chi connectivity index (χ1v) is 15.9. The van der Waals surface area contributed by atoms with E-state index in [-0.39, 0.29) is 22.8 Å². The van der Waals surface area contributed by atoms with Gasteiger partial charge in [-0.2, -0.15) is 0 Å². The van der Waals surface area contributed by atoms with E-state index < -0.39 is 0 Å². The molecule has 0 bridgehead atoms. The molecule has 4 aliphatic rings. The second-order valence-corrected chi connectivity index (χ2v) is 15.2. The second kappa shape index (κ2) is 10.8. The van der Waals surface area contributed by atoms with Crippen molar-refractivity contribution < 1.29 is 9.53 Å². The van der Waals surface area contributed by atoms with Crippen LogP contribution in [0.15, 0.2) is 11.6 Å². The molecule has 0 N–H and O–H groups in total. The van der Waals surface area contributed by atoms with E-state index in [9.17, 15) is 4.79 Å². The average molecular weight is 550 g/mol. The zero-order valence-electron chi connectivity index (χ0n) is 23.7. The number of fused-ring (bicyclic) bond motifs is 5. The lowest BCUT2D eigenvalue weighted by Crippen LogP contribution is -2.51. The maximum absolute atomic E-state index is 12.6. The van der Waals surface area contributed by atoms with Crippen LogP contribution < -0.4 is 0 Å². The molecule has 0 unspecified atom stereocenters. The van der Waals surface area contributed by atoms with Gasteiger partial charge < -0.3 is 4.74 Å². The Hall–Kier alpha value is -0.310. The number of alkyl halides is 1. The van der Waals surface area contributed by atoms with Crippen molar-refractivity contribution in [3.8, 4) is 0 Å². The predicted octanol–water partition coefficient (Wildman–Crippen LogP) is 9.36. The maximum Gasteiger partial charge on any atom is 0.320 e. The summed E-state index contributed by atoms with van der Waals surface area (Å²) in [6.45, 7) is 16.7. The van der Waals surface area contributed by atoms with Crippen LogP contribution in [0.5, 0.6) is 0 Å². The zero-order valence-corrected chi connectivity index (χ0v) is 25.3. The highest BCUT2D eigenvalue weighted by molar-refractivity contribution is 9.10. The standard InChI is InChI=1S/C32H53BrO2/c1-20(2)9-8-10-22(5)26-13-14-27-25-12-11-23-19-24(35-30(34)29(33)21(3)4)15-17-31(23,6)28(25)16-18-32(26,27)7/h11,20-22,24-29H,8-10,12-19H2,1-7H3/t22-,24+,25+,26-,27-,28+,29+,31+,32-/m1/s1. The molecule has 9 atom stereocenters. The monoisotopic (exact) mass is 548 g/mol. The van der Waals surface area contributed by atoms with Gasteiger partial charge in [-0.3, -0.25) is 4.79 Å². The smallest absolute Gasteiger partial charge is 0.320 e. The molecular weight excluding hydrogens is 496 g/mol. The Morgan fingerprint density at radius 2 is 1.77 bits per heavy atom. The first-order valence-electron chi connectivity index (χ1n) is 15.0. The molecule has 0 amide bonds. The van der Waals surface area contributed by atoms with Crippen LogP contribution in [0.4, 0.5) is 0 Å². The van der Waals surface area contributed by atoms with E-state index in [1.54, 1.807) is 5.57 Å². The van der Waals surface area contributed by atoms with Gasteiger partial charge in [-0.25, -0.2) is 0 Å². The van der Waals surface area contributed by atoms with Gasteiger partial charge in [0.15, 0.2) is 0 Å². The summed E-state index contributed by atoms with van der Waals surface area (Å²) in [4.78, 5) is 12.4. The fourth-order valence-electron chi connectivity index (χ4n) is 9.25. The highest BCUT2D eigenvalue weighted by Gasteiger charge is 2.59. The number of esters is 1. The highest BCUT2D eigenvalue weighted by atomic mass is 79.9. The minimum Gasteiger partial charge on any atom is -0.461 e. The molecule has 0 aromatic heterocycles. The molecule has 0 aromatic rings. The molecule has 4 aliphatic carbocycles. The number of rotatable bonds is 8. The van der Waals surface area contributed by atoms with E-state index in [2.05, 4.69) is 70.5 Å². The summed E-state index contributed by atoms with van der Waals surface area (Å²) in [6, 6.07) is 0. The van der Waals surface area contributed by atoms with Crippen molar-refractivity contribution in [2.24, 2.45) is 52.3 Å². The first kappa shape index (κ1) is 27.7. The van der Waals surface area contributed by atoms with Gasteiger partial charge in [0.05, 0.1) is 0 Å². The molecule has 4 rings (SSSR count). The minimum atomic E-state index is -0.195. The predicted molar refractivity (Wildman–Crippen MR) is 150 cm³/mol. The van der Waals surface area contributed by atoms with Crippen LogP contribution in [-0.2, 0) is 9.53 Å². The van der Waals surface area contributed by atoms with Crippen LogP contribution in [0, 0.1) is 52.3 Å². The van der Waals surface area contributed by atoms with Crippen molar-refractivity contribution in [3.05, 3.63) is 11.6 Å². The van der Waals surface area contributed by atoms with Crippen LogP contribution in [0.3, 0.4) is 0 Å². The fraction of sp³-hybridized carbons (Fsp3) is 0.906. The molecule has 200 valence electrons. The van der Waals surface area contributed by atoms with E-state index in [1.165, 1.54) is 57.8 Å². The van der Waals surface area contributed by atoms with E-state index in [4.69, 9.17) is 4.74 Å². The molecular formula is C32H53BrO2. The van der Waals surface area contributed by atoms with E-state index in [0.717, 1.165) is 48.3 Å². The molecule has 0 spiro atoms. The summed E-state index contributed by atoms with van der Waals surface area (Å²) in [5.74, 6) is 5.42. The van der Waals surface area contributed by atoms with Gasteiger partial charge in [0.25, 0.3) is 0 Å². The number of hydrogen-bond donors (Lipinski definition) is 0. The molecule has 3 heteroatoms. The van der Waals surface area contributed by atoms with Gasteiger partial charge in [-0.1, -0.05) is 95.3 Å². The lowest BCUT2D eigenvalue weighted by molar-refractivity contribution is -0.151. The Labute approximate surface area is 224 Å². The molecule has 3 saturated carbocycles. The molecule has 35 heavy (non-hydrogen) atoms. The molecule has 0 aromatic carbocycles. The van der Waals surface area contributed by atoms with Crippen LogP contribution in [0.2, 0.25) is 0 Å². The van der Waals surface area contributed by atoms with Gasteiger partial charge >= 0.3 is 5.97 Å². The number of carbonyl (C=O) groups is 1. The molecule has 0 aliphatic heterocycles. The largest absolute Gasteiger partial charge is 0.461 e. The van der Waals surface area contributed by atoms with Crippen molar-refractivity contribution in [2.45, 2.75) is 130 Å². The van der Waals surface area contributed by atoms with Crippen LogP contribution in [-0.4, -0.2) is 16.9 Å². The van der Waals surface area contributed by atoms with Gasteiger partial charge in [0.2, 0.25) is 0 Å². The van der Waals surface area contributed by atoms with Gasteiger partial charge in [-0.05, 0) is 97.2 Å². The first-order chi connectivity index (χ1) is 16.5. The fourth-order valence-corrected chi connectivity index (χ4v) is 9.36. The Morgan fingerprint density at radius 3 is 2.46 bits per heavy atom. The number of ether oxygens (including phenoxy) is 1. The third kappa shape index (κ3) is 5.33. The number of hydrogen-bond acceptors (Lipinski definition) is 2. The van der Waals surface area contributed by atoms with E-state index in [1.807, 2.05) is 0 Å². The van der Waals surface area contributed by atoms with Crippen molar-refractivity contribution in [3.63, 3.8) is 0 Å². The van der Waals surface area contributed by atoms with E-state index in [0.29, 0.717) is 10.8 Å². The highest BCUT2D eigenvalue weighted by Crippen LogP contribution is 2.67. The van der Waals surface area contributed by atoms with Crippen molar-refractivity contribution in [2.75, 3.05) is 0 Å². The lowest BCUT2D eigenvalue weighted by atomic mass is 9.47. The SMILES string of the molecule is CC(C)CCC[C@@H](C)[C@H]1CC[C@@H]2[C@@H]3CC=C4C[C@@H](OC(=O)[C@@H](Br)C(C)C)CC[C@]4(C)[C@H]3CC[C@@]21C. The molecule has 2 nitrogen and oxygen atoms in total. The Balaban J connectivity index is 1.43. The normalized spacial score (nSPS) is 40.5. The third-order valence-electron chi connectivity index (χ3n) is 11.4. The van der Waals surface area contributed by atoms with Crippen LogP contribution >= 0.6 is 15.9 Å². The summed E-state index contributed by atoms with van der Waals surface area (Å²) in [6.07, 6.45) is 17.1. The zero-order chi connectivity index (χ0) is 25.5. The quantitative estimate of drug-likeness (QED) is 0.171. The molecule has 3 fully saturated rings. The van der Waals surface area contributed by atoms with Gasteiger partial charge in [-0.15, -0.1) is 0 Å². The van der Waals surface area contributed by atoms with Crippen molar-refractivity contribution in [1.82, 2.24) is 0 Å².